The number of benzene rings is 3. The molecule has 10 heteroatoms. The zero-order valence-corrected chi connectivity index (χ0v) is 20.6. The zero-order valence-electron chi connectivity index (χ0n) is 20.6. The summed E-state index contributed by atoms with van der Waals surface area (Å²) in [5.41, 5.74) is -0.611. The van der Waals surface area contributed by atoms with E-state index in [1.165, 1.54) is 24.3 Å². The summed E-state index contributed by atoms with van der Waals surface area (Å²) in [5, 5.41) is 17.3. The average Bonchev–Trinajstić information content (AvgIpc) is 3.22. The Balaban J connectivity index is 1.75. The Morgan fingerprint density at radius 3 is 2.58 bits per heavy atom. The van der Waals surface area contributed by atoms with Crippen molar-refractivity contribution in [3.8, 4) is 11.3 Å². The van der Waals surface area contributed by atoms with E-state index in [4.69, 9.17) is 4.42 Å². The first-order valence-corrected chi connectivity index (χ1v) is 11.6. The summed E-state index contributed by atoms with van der Waals surface area (Å²) >= 11 is 0. The molecule has 0 saturated heterocycles. The van der Waals surface area contributed by atoms with Crippen LogP contribution in [0.3, 0.4) is 0 Å². The van der Waals surface area contributed by atoms with Crippen molar-refractivity contribution in [2.75, 3.05) is 5.32 Å². The smallest absolute Gasteiger partial charge is 0.423 e. The molecule has 5 aromatic rings. The Morgan fingerprint density at radius 2 is 1.87 bits per heavy atom. The standard InChI is InChI=1S/C28H22F3N3O4/c1-14-10-19(15(2)32-22-7-5-4-6-18(22)27(36)37)26-20(11-14)24(35)23(28(29,30)31)25(38-26)16-8-9-21-17(12-16)13-34(3)33-21/h4-13,15,32H,1-3H3,(H,36,37). The number of aryl methyl sites for hydroxylation is 2. The first-order chi connectivity index (χ1) is 17.9. The summed E-state index contributed by atoms with van der Waals surface area (Å²) < 4.78 is 50.3. The van der Waals surface area contributed by atoms with Crippen LogP contribution in [0, 0.1) is 6.92 Å². The van der Waals surface area contributed by atoms with E-state index in [-0.39, 0.29) is 22.1 Å². The van der Waals surface area contributed by atoms with Crippen LogP contribution in [-0.4, -0.2) is 20.9 Å². The fourth-order valence-corrected chi connectivity index (χ4v) is 4.65. The first-order valence-electron chi connectivity index (χ1n) is 11.6. The molecule has 0 fully saturated rings. The minimum absolute atomic E-state index is 0.0114. The van der Waals surface area contributed by atoms with E-state index in [1.54, 1.807) is 62.1 Å². The molecular formula is C28H22F3N3O4. The van der Waals surface area contributed by atoms with E-state index in [2.05, 4.69) is 10.4 Å². The van der Waals surface area contributed by atoms with Crippen molar-refractivity contribution in [2.24, 2.45) is 7.05 Å². The Morgan fingerprint density at radius 1 is 1.13 bits per heavy atom. The number of hydrogen-bond donors (Lipinski definition) is 2. The number of anilines is 1. The Hall–Kier alpha value is -4.60. The Bertz CT molecular complexity index is 1790. The highest BCUT2D eigenvalue weighted by atomic mass is 19.4. The van der Waals surface area contributed by atoms with Crippen molar-refractivity contribution >= 4 is 33.5 Å². The van der Waals surface area contributed by atoms with Gasteiger partial charge >= 0.3 is 12.1 Å². The van der Waals surface area contributed by atoms with Gasteiger partial charge in [0.1, 0.15) is 11.1 Å². The van der Waals surface area contributed by atoms with Crippen LogP contribution < -0.4 is 10.7 Å². The molecule has 2 aromatic heterocycles. The van der Waals surface area contributed by atoms with Gasteiger partial charge in [-0.3, -0.25) is 9.48 Å². The highest BCUT2D eigenvalue weighted by molar-refractivity contribution is 5.94. The van der Waals surface area contributed by atoms with Crippen LogP contribution in [0.5, 0.6) is 0 Å². The van der Waals surface area contributed by atoms with Crippen LogP contribution in [0.2, 0.25) is 0 Å². The molecule has 38 heavy (non-hydrogen) atoms. The van der Waals surface area contributed by atoms with Gasteiger partial charge in [0.2, 0.25) is 5.43 Å². The molecule has 0 aliphatic rings. The monoisotopic (exact) mass is 521 g/mol. The third-order valence-corrected chi connectivity index (χ3v) is 6.33. The number of halogens is 3. The molecule has 7 nitrogen and oxygen atoms in total. The second kappa shape index (κ2) is 9.05. The van der Waals surface area contributed by atoms with Crippen LogP contribution in [-0.2, 0) is 13.2 Å². The predicted octanol–water partition coefficient (Wildman–Crippen LogP) is 6.55. The fraction of sp³-hybridized carbons (Fsp3) is 0.179. The van der Waals surface area contributed by atoms with Crippen LogP contribution in [0.25, 0.3) is 33.2 Å². The summed E-state index contributed by atoms with van der Waals surface area (Å²) in [6.45, 7) is 3.38. The fourth-order valence-electron chi connectivity index (χ4n) is 4.65. The molecular weight excluding hydrogens is 499 g/mol. The number of carbonyl (C=O) groups is 1. The molecule has 2 heterocycles. The molecule has 2 N–H and O–H groups in total. The summed E-state index contributed by atoms with van der Waals surface area (Å²) in [6, 6.07) is 13.2. The van der Waals surface area contributed by atoms with Gasteiger partial charge in [-0.25, -0.2) is 4.79 Å². The minimum Gasteiger partial charge on any atom is -0.478 e. The average molecular weight is 521 g/mol. The van der Waals surface area contributed by atoms with Crippen molar-refractivity contribution < 1.29 is 27.5 Å². The van der Waals surface area contributed by atoms with E-state index in [9.17, 15) is 27.9 Å². The molecule has 0 saturated carbocycles. The lowest BCUT2D eigenvalue weighted by Crippen LogP contribution is -2.22. The maximum absolute atomic E-state index is 14.3. The van der Waals surface area contributed by atoms with E-state index < -0.39 is 34.9 Å². The summed E-state index contributed by atoms with van der Waals surface area (Å²) in [6.07, 6.45) is -3.31. The molecule has 0 radical (unpaired) electrons. The molecule has 3 aromatic carbocycles. The van der Waals surface area contributed by atoms with Crippen molar-refractivity contribution in [1.29, 1.82) is 0 Å². The lowest BCUT2D eigenvalue weighted by atomic mass is 9.97. The van der Waals surface area contributed by atoms with Crippen LogP contribution in [0.4, 0.5) is 18.9 Å². The maximum Gasteiger partial charge on any atom is 0.423 e. The van der Waals surface area contributed by atoms with Gasteiger partial charge in [0.05, 0.1) is 22.5 Å². The minimum atomic E-state index is -4.97. The third-order valence-electron chi connectivity index (χ3n) is 6.33. The lowest BCUT2D eigenvalue weighted by Gasteiger charge is -2.20. The number of alkyl halides is 3. The molecule has 194 valence electrons. The number of aromatic carboxylic acids is 1. The highest BCUT2D eigenvalue weighted by Gasteiger charge is 2.40. The van der Waals surface area contributed by atoms with Crippen molar-refractivity contribution in [2.45, 2.75) is 26.1 Å². The van der Waals surface area contributed by atoms with Gasteiger partial charge in [-0.2, -0.15) is 18.3 Å². The van der Waals surface area contributed by atoms with Gasteiger partial charge in [0, 0.05) is 35.4 Å². The SMILES string of the molecule is Cc1cc(C(C)Nc2ccccc2C(=O)O)c2oc(-c3ccc4nn(C)cc4c3)c(C(F)(F)F)c(=O)c2c1. The van der Waals surface area contributed by atoms with Gasteiger partial charge in [-0.05, 0) is 55.8 Å². The predicted molar refractivity (Wildman–Crippen MR) is 137 cm³/mol. The van der Waals surface area contributed by atoms with E-state index in [0.717, 1.165) is 0 Å². The largest absolute Gasteiger partial charge is 0.478 e. The molecule has 0 bridgehead atoms. The number of rotatable bonds is 5. The Kier molecular flexibility index (Phi) is 5.97. The summed E-state index contributed by atoms with van der Waals surface area (Å²) in [4.78, 5) is 25.0. The maximum atomic E-state index is 14.3. The van der Waals surface area contributed by atoms with Crippen LogP contribution in [0.15, 0.2) is 70.0 Å². The number of para-hydroxylation sites is 1. The van der Waals surface area contributed by atoms with Gasteiger partial charge in [-0.15, -0.1) is 0 Å². The quantitative estimate of drug-likeness (QED) is 0.272. The van der Waals surface area contributed by atoms with Crippen molar-refractivity contribution in [1.82, 2.24) is 9.78 Å². The number of hydrogen-bond acceptors (Lipinski definition) is 5. The molecule has 0 aliphatic heterocycles. The molecule has 1 atom stereocenters. The van der Waals surface area contributed by atoms with Gasteiger partial charge in [0.15, 0.2) is 5.76 Å². The number of carboxylic acids is 1. The number of aromatic nitrogens is 2. The number of nitrogens with zero attached hydrogens (tertiary/aromatic N) is 2. The first kappa shape index (κ1) is 25.1. The molecule has 0 amide bonds. The van der Waals surface area contributed by atoms with Crippen molar-refractivity contribution in [3.63, 3.8) is 0 Å². The van der Waals surface area contributed by atoms with E-state index in [0.29, 0.717) is 27.7 Å². The molecule has 1 unspecified atom stereocenters. The van der Waals surface area contributed by atoms with E-state index >= 15 is 0 Å². The zero-order chi connectivity index (χ0) is 27.4. The second-order valence-electron chi connectivity index (χ2n) is 9.16. The number of carboxylic acid groups (broad SMARTS) is 1. The third kappa shape index (κ3) is 4.38. The van der Waals surface area contributed by atoms with Crippen LogP contribution in [0.1, 0.15) is 40.0 Å². The number of fused-ring (bicyclic) bond motifs is 2. The second-order valence-corrected chi connectivity index (χ2v) is 9.16. The lowest BCUT2D eigenvalue weighted by molar-refractivity contribution is -0.138. The topological polar surface area (TPSA) is 97.4 Å². The number of nitrogens with one attached hydrogen (secondary N) is 1. The normalized spacial score (nSPS) is 12.7. The molecule has 0 aliphatic carbocycles. The highest BCUT2D eigenvalue weighted by Crippen LogP contribution is 2.39. The molecule has 5 rings (SSSR count). The van der Waals surface area contributed by atoms with Gasteiger partial charge in [-0.1, -0.05) is 18.2 Å². The molecule has 0 spiro atoms. The Labute approximate surface area is 214 Å². The van der Waals surface area contributed by atoms with Gasteiger partial charge in [0.25, 0.3) is 0 Å². The van der Waals surface area contributed by atoms with Crippen molar-refractivity contribution in [3.05, 3.63) is 93.3 Å². The van der Waals surface area contributed by atoms with Crippen LogP contribution >= 0.6 is 0 Å². The summed E-state index contributed by atoms with van der Waals surface area (Å²) in [7, 11) is 1.70. The summed E-state index contributed by atoms with van der Waals surface area (Å²) in [5.74, 6) is -1.73. The van der Waals surface area contributed by atoms with Gasteiger partial charge < -0.3 is 14.8 Å². The van der Waals surface area contributed by atoms with E-state index in [1.807, 2.05) is 0 Å².